The largest absolute Gasteiger partial charge is 0.485 e. The molecule has 1 aromatic carbocycles. The third kappa shape index (κ3) is 1.61. The molecule has 1 unspecified atom stereocenters. The van der Waals surface area contributed by atoms with Crippen LogP contribution in [0.4, 0.5) is 0 Å². The zero-order chi connectivity index (χ0) is 11.0. The fraction of sp³-hybridized carbons (Fsp3) is 0.250. The van der Waals surface area contributed by atoms with E-state index in [2.05, 4.69) is 0 Å². The van der Waals surface area contributed by atoms with Gasteiger partial charge in [0.1, 0.15) is 11.9 Å². The van der Waals surface area contributed by atoms with Gasteiger partial charge in [-0.25, -0.2) is 4.79 Å². The van der Waals surface area contributed by atoms with Crippen molar-refractivity contribution in [3.05, 3.63) is 34.9 Å². The first-order chi connectivity index (χ1) is 7.09. The number of carboxylic acid groups (broad SMARTS) is 1. The number of carbonyl (C=O) groups is 1. The maximum absolute atomic E-state index is 10.9. The third-order valence-corrected chi connectivity index (χ3v) is 2.53. The van der Waals surface area contributed by atoms with Gasteiger partial charge in [0.05, 0.1) is 5.57 Å². The van der Waals surface area contributed by atoms with Crippen LogP contribution < -0.4 is 4.74 Å². The lowest BCUT2D eigenvalue weighted by Gasteiger charge is -2.23. The Kier molecular flexibility index (Phi) is 2.23. The normalized spacial score (nSPS) is 18.8. The van der Waals surface area contributed by atoms with E-state index in [4.69, 9.17) is 9.84 Å². The van der Waals surface area contributed by atoms with Crippen molar-refractivity contribution in [2.45, 2.75) is 20.0 Å². The first kappa shape index (κ1) is 9.77. The van der Waals surface area contributed by atoms with Crippen molar-refractivity contribution in [1.29, 1.82) is 0 Å². The van der Waals surface area contributed by atoms with Crippen molar-refractivity contribution >= 4 is 12.0 Å². The van der Waals surface area contributed by atoms with Crippen LogP contribution in [-0.2, 0) is 4.79 Å². The lowest BCUT2D eigenvalue weighted by Crippen LogP contribution is -2.24. The zero-order valence-electron chi connectivity index (χ0n) is 8.65. The predicted octanol–water partition coefficient (Wildman–Crippen LogP) is 2.24. The van der Waals surface area contributed by atoms with Crippen LogP contribution in [0.25, 0.3) is 6.08 Å². The van der Waals surface area contributed by atoms with Crippen LogP contribution in [0.3, 0.4) is 0 Å². The standard InChI is InChI=1S/C12H12O3/c1-7-4-3-5-9-6-10(12(13)14)8(2)15-11(7)9/h3-6,8H,1-2H3,(H,13,14). The predicted molar refractivity (Wildman–Crippen MR) is 56.9 cm³/mol. The quantitative estimate of drug-likeness (QED) is 0.763. The van der Waals surface area contributed by atoms with Gasteiger partial charge in [-0.15, -0.1) is 0 Å². The molecule has 1 aliphatic rings. The Balaban J connectivity index is 2.55. The van der Waals surface area contributed by atoms with Crippen molar-refractivity contribution in [2.24, 2.45) is 0 Å². The minimum absolute atomic E-state index is 0.299. The minimum atomic E-state index is -0.922. The summed E-state index contributed by atoms with van der Waals surface area (Å²) >= 11 is 0. The summed E-state index contributed by atoms with van der Waals surface area (Å²) in [6.45, 7) is 3.69. The number of benzene rings is 1. The molecule has 78 valence electrons. The van der Waals surface area contributed by atoms with E-state index < -0.39 is 12.1 Å². The summed E-state index contributed by atoms with van der Waals surface area (Å²) < 4.78 is 5.59. The maximum Gasteiger partial charge on any atom is 0.335 e. The first-order valence-electron chi connectivity index (χ1n) is 4.80. The molecule has 0 aromatic heterocycles. The van der Waals surface area contributed by atoms with Gasteiger partial charge in [0, 0.05) is 5.56 Å². The highest BCUT2D eigenvalue weighted by Gasteiger charge is 2.24. The second-order valence-corrected chi connectivity index (χ2v) is 3.66. The third-order valence-electron chi connectivity index (χ3n) is 2.53. The number of rotatable bonds is 1. The molecule has 0 amide bonds. The van der Waals surface area contributed by atoms with Crippen molar-refractivity contribution in [2.75, 3.05) is 0 Å². The highest BCUT2D eigenvalue weighted by atomic mass is 16.5. The van der Waals surface area contributed by atoms with Gasteiger partial charge < -0.3 is 9.84 Å². The number of aliphatic carboxylic acids is 1. The molecule has 3 nitrogen and oxygen atoms in total. The van der Waals surface area contributed by atoms with Crippen molar-refractivity contribution in [3.8, 4) is 5.75 Å². The summed E-state index contributed by atoms with van der Waals surface area (Å²) in [5.41, 5.74) is 2.17. The van der Waals surface area contributed by atoms with Gasteiger partial charge >= 0.3 is 5.97 Å². The Morgan fingerprint density at radius 3 is 2.87 bits per heavy atom. The smallest absolute Gasteiger partial charge is 0.335 e. The SMILES string of the molecule is Cc1cccc2c1OC(C)C(C(=O)O)=C2. The summed E-state index contributed by atoms with van der Waals surface area (Å²) in [4.78, 5) is 10.9. The monoisotopic (exact) mass is 204 g/mol. The van der Waals surface area contributed by atoms with Crippen LogP contribution in [-0.4, -0.2) is 17.2 Å². The van der Waals surface area contributed by atoms with Crippen molar-refractivity contribution in [3.63, 3.8) is 0 Å². The van der Waals surface area contributed by atoms with Gasteiger partial charge in [-0.1, -0.05) is 18.2 Å². The molecule has 0 saturated heterocycles. The molecular weight excluding hydrogens is 192 g/mol. The van der Waals surface area contributed by atoms with Crippen LogP contribution in [0.2, 0.25) is 0 Å². The second kappa shape index (κ2) is 3.42. The Bertz CT molecular complexity index is 446. The number of aryl methyl sites for hydroxylation is 1. The molecule has 3 heteroatoms. The zero-order valence-corrected chi connectivity index (χ0v) is 8.65. The lowest BCUT2D eigenvalue weighted by molar-refractivity contribution is -0.133. The minimum Gasteiger partial charge on any atom is -0.485 e. The number of fused-ring (bicyclic) bond motifs is 1. The number of hydrogen-bond acceptors (Lipinski definition) is 2. The van der Waals surface area contributed by atoms with Crippen LogP contribution in [0.1, 0.15) is 18.1 Å². The van der Waals surface area contributed by atoms with Crippen LogP contribution in [0.5, 0.6) is 5.75 Å². The molecule has 0 bridgehead atoms. The summed E-state index contributed by atoms with van der Waals surface area (Å²) in [5, 5.41) is 8.96. The van der Waals surface area contributed by atoms with E-state index in [1.807, 2.05) is 25.1 Å². The fourth-order valence-corrected chi connectivity index (χ4v) is 1.71. The van der Waals surface area contributed by atoms with Crippen LogP contribution in [0, 0.1) is 6.92 Å². The number of para-hydroxylation sites is 1. The summed E-state index contributed by atoms with van der Waals surface area (Å²) in [6.07, 6.45) is 1.29. The van der Waals surface area contributed by atoms with Gasteiger partial charge in [0.25, 0.3) is 0 Å². The number of carboxylic acids is 1. The molecule has 0 spiro atoms. The van der Waals surface area contributed by atoms with Gasteiger partial charge in [0.15, 0.2) is 0 Å². The lowest BCUT2D eigenvalue weighted by atomic mass is 10.0. The molecular formula is C12H12O3. The summed E-state index contributed by atoms with van der Waals surface area (Å²) in [6, 6.07) is 5.70. The van der Waals surface area contributed by atoms with E-state index in [1.54, 1.807) is 13.0 Å². The molecule has 15 heavy (non-hydrogen) atoms. The fourth-order valence-electron chi connectivity index (χ4n) is 1.71. The van der Waals surface area contributed by atoms with E-state index in [-0.39, 0.29) is 0 Å². The second-order valence-electron chi connectivity index (χ2n) is 3.66. The van der Waals surface area contributed by atoms with E-state index in [0.717, 1.165) is 16.9 Å². The summed E-state index contributed by atoms with van der Waals surface area (Å²) in [5.74, 6) is -0.135. The van der Waals surface area contributed by atoms with E-state index in [0.29, 0.717) is 5.57 Å². The van der Waals surface area contributed by atoms with Crippen LogP contribution >= 0.6 is 0 Å². The molecule has 2 rings (SSSR count). The Morgan fingerprint density at radius 1 is 1.47 bits per heavy atom. The maximum atomic E-state index is 10.9. The molecule has 1 N–H and O–H groups in total. The summed E-state index contributed by atoms with van der Waals surface area (Å²) in [7, 11) is 0. The van der Waals surface area contributed by atoms with E-state index >= 15 is 0 Å². The number of ether oxygens (including phenoxy) is 1. The molecule has 1 aliphatic heterocycles. The molecule has 0 saturated carbocycles. The highest BCUT2D eigenvalue weighted by Crippen LogP contribution is 2.32. The number of hydrogen-bond donors (Lipinski definition) is 1. The van der Waals surface area contributed by atoms with Crippen LogP contribution in [0.15, 0.2) is 23.8 Å². The topological polar surface area (TPSA) is 46.5 Å². The van der Waals surface area contributed by atoms with Gasteiger partial charge in [-0.2, -0.15) is 0 Å². The molecule has 0 radical (unpaired) electrons. The average Bonchev–Trinajstić information content (AvgIpc) is 2.18. The van der Waals surface area contributed by atoms with Crippen molar-refractivity contribution < 1.29 is 14.6 Å². The van der Waals surface area contributed by atoms with Gasteiger partial charge in [-0.05, 0) is 25.5 Å². The van der Waals surface area contributed by atoms with E-state index in [9.17, 15) is 4.79 Å². The highest BCUT2D eigenvalue weighted by molar-refractivity contribution is 5.94. The Labute approximate surface area is 88.0 Å². The molecule has 1 heterocycles. The van der Waals surface area contributed by atoms with Gasteiger partial charge in [-0.3, -0.25) is 0 Å². The Hall–Kier alpha value is -1.77. The molecule has 1 aromatic rings. The average molecular weight is 204 g/mol. The molecule has 0 aliphatic carbocycles. The molecule has 0 fully saturated rings. The first-order valence-corrected chi connectivity index (χ1v) is 4.80. The molecule has 1 atom stereocenters. The van der Waals surface area contributed by atoms with Gasteiger partial charge in [0.2, 0.25) is 0 Å². The van der Waals surface area contributed by atoms with E-state index in [1.165, 1.54) is 0 Å². The van der Waals surface area contributed by atoms with Crippen molar-refractivity contribution in [1.82, 2.24) is 0 Å². The Morgan fingerprint density at radius 2 is 2.20 bits per heavy atom.